The van der Waals surface area contributed by atoms with E-state index in [1.807, 2.05) is 32.9 Å². The molecule has 0 aliphatic rings. The summed E-state index contributed by atoms with van der Waals surface area (Å²) in [4.78, 5) is 23.5. The van der Waals surface area contributed by atoms with Crippen LogP contribution in [0, 0.1) is 5.92 Å². The van der Waals surface area contributed by atoms with Gasteiger partial charge in [-0.2, -0.15) is 0 Å². The van der Waals surface area contributed by atoms with Crippen molar-refractivity contribution in [2.75, 3.05) is 11.9 Å². The Hall–Kier alpha value is -2.04. The maximum atomic E-state index is 12.3. The van der Waals surface area contributed by atoms with Crippen molar-refractivity contribution in [2.45, 2.75) is 39.7 Å². The Kier molecular flexibility index (Phi) is 6.72. The number of anilines is 1. The van der Waals surface area contributed by atoms with Crippen molar-refractivity contribution in [1.82, 2.24) is 5.32 Å². The first kappa shape index (κ1) is 17.0. The summed E-state index contributed by atoms with van der Waals surface area (Å²) in [6.07, 6.45) is 1.35. The second kappa shape index (κ2) is 8.29. The zero-order chi connectivity index (χ0) is 15.8. The molecule has 1 aromatic carbocycles. The van der Waals surface area contributed by atoms with Crippen LogP contribution in [0.1, 0.15) is 44.0 Å². The maximum absolute atomic E-state index is 12.3. The monoisotopic (exact) mass is 292 g/mol. The third-order valence-corrected chi connectivity index (χ3v) is 3.05. The smallest absolute Gasteiger partial charge is 0.326 e. The van der Waals surface area contributed by atoms with Crippen LogP contribution in [0.3, 0.4) is 0 Å². The zero-order valence-corrected chi connectivity index (χ0v) is 12.8. The number of nitrogens with one attached hydrogen (secondary N) is 2. The second-order valence-electron chi connectivity index (χ2n) is 5.47. The molecule has 0 spiro atoms. The number of carboxylic acids is 1. The van der Waals surface area contributed by atoms with Crippen LogP contribution in [0.25, 0.3) is 0 Å². The molecule has 0 bridgehead atoms. The van der Waals surface area contributed by atoms with Crippen LogP contribution < -0.4 is 10.6 Å². The number of para-hydroxylation sites is 1. The lowest BCUT2D eigenvalue weighted by Gasteiger charge is -2.18. The molecule has 0 radical (unpaired) electrons. The van der Waals surface area contributed by atoms with E-state index in [0.29, 0.717) is 12.0 Å². The first-order valence-electron chi connectivity index (χ1n) is 7.32. The largest absolute Gasteiger partial charge is 0.480 e. The minimum atomic E-state index is -1.00. The van der Waals surface area contributed by atoms with Crippen LogP contribution >= 0.6 is 0 Å². The standard InChI is InChI=1S/C16H24N2O3/c1-4-9-17-13-8-6-5-7-12(13)15(19)18-14(16(20)21)10-11(2)3/h5-8,11,14,17H,4,9-10H2,1-3H3,(H,18,19)(H,20,21). The average Bonchev–Trinajstić information content (AvgIpc) is 2.44. The summed E-state index contributed by atoms with van der Waals surface area (Å²) in [7, 11) is 0. The van der Waals surface area contributed by atoms with Crippen molar-refractivity contribution in [3.05, 3.63) is 29.8 Å². The third kappa shape index (κ3) is 5.45. The van der Waals surface area contributed by atoms with Gasteiger partial charge in [0.05, 0.1) is 5.56 Å². The predicted octanol–water partition coefficient (Wildman–Crippen LogP) is 2.74. The lowest BCUT2D eigenvalue weighted by Crippen LogP contribution is -2.41. The Labute approximate surface area is 125 Å². The second-order valence-corrected chi connectivity index (χ2v) is 5.47. The van der Waals surface area contributed by atoms with Gasteiger partial charge in [-0.25, -0.2) is 4.79 Å². The number of rotatable bonds is 8. The Morgan fingerprint density at radius 2 is 1.90 bits per heavy atom. The molecule has 5 heteroatoms. The number of carboxylic acid groups (broad SMARTS) is 1. The SMILES string of the molecule is CCCNc1ccccc1C(=O)NC(CC(C)C)C(=O)O. The van der Waals surface area contributed by atoms with Crippen molar-refractivity contribution < 1.29 is 14.7 Å². The number of benzene rings is 1. The highest BCUT2D eigenvalue weighted by Crippen LogP contribution is 2.16. The molecule has 1 unspecified atom stereocenters. The zero-order valence-electron chi connectivity index (χ0n) is 12.8. The number of carbonyl (C=O) groups excluding carboxylic acids is 1. The van der Waals surface area contributed by atoms with E-state index in [4.69, 9.17) is 0 Å². The minimum Gasteiger partial charge on any atom is -0.480 e. The highest BCUT2D eigenvalue weighted by molar-refractivity contribution is 6.01. The van der Waals surface area contributed by atoms with E-state index in [-0.39, 0.29) is 11.8 Å². The van der Waals surface area contributed by atoms with Crippen molar-refractivity contribution in [3.63, 3.8) is 0 Å². The van der Waals surface area contributed by atoms with Gasteiger partial charge in [-0.1, -0.05) is 32.9 Å². The maximum Gasteiger partial charge on any atom is 0.326 e. The molecule has 0 fully saturated rings. The number of hydrogen-bond acceptors (Lipinski definition) is 3. The minimum absolute atomic E-state index is 0.194. The molecule has 0 saturated heterocycles. The van der Waals surface area contributed by atoms with Crippen LogP contribution in [0.4, 0.5) is 5.69 Å². The molecule has 21 heavy (non-hydrogen) atoms. The summed E-state index contributed by atoms with van der Waals surface area (Å²) in [5.74, 6) is -1.17. The van der Waals surface area contributed by atoms with Crippen molar-refractivity contribution in [2.24, 2.45) is 5.92 Å². The third-order valence-electron chi connectivity index (χ3n) is 3.05. The summed E-state index contributed by atoms with van der Waals surface area (Å²) in [5.41, 5.74) is 1.20. The number of aliphatic carboxylic acids is 1. The molecule has 0 aromatic heterocycles. The molecule has 0 aliphatic carbocycles. The van der Waals surface area contributed by atoms with Gasteiger partial charge in [-0.15, -0.1) is 0 Å². The Morgan fingerprint density at radius 1 is 1.24 bits per heavy atom. The summed E-state index contributed by atoms with van der Waals surface area (Å²) < 4.78 is 0. The van der Waals surface area contributed by atoms with Gasteiger partial charge in [0.25, 0.3) is 5.91 Å². The van der Waals surface area contributed by atoms with Gasteiger partial charge < -0.3 is 15.7 Å². The van der Waals surface area contributed by atoms with E-state index >= 15 is 0 Å². The van der Waals surface area contributed by atoms with Gasteiger partial charge in [-0.05, 0) is 30.9 Å². The fourth-order valence-corrected chi connectivity index (χ4v) is 2.02. The van der Waals surface area contributed by atoms with Crippen molar-refractivity contribution >= 4 is 17.6 Å². The van der Waals surface area contributed by atoms with Crippen LogP contribution in [0.5, 0.6) is 0 Å². The molecule has 116 valence electrons. The summed E-state index contributed by atoms with van der Waals surface area (Å²) in [6, 6.07) is 6.27. The van der Waals surface area contributed by atoms with E-state index in [1.165, 1.54) is 0 Å². The molecule has 5 nitrogen and oxygen atoms in total. The molecule has 0 aliphatic heterocycles. The van der Waals surface area contributed by atoms with E-state index in [1.54, 1.807) is 12.1 Å². The van der Waals surface area contributed by atoms with Crippen LogP contribution in [0.2, 0.25) is 0 Å². The fourth-order valence-electron chi connectivity index (χ4n) is 2.02. The van der Waals surface area contributed by atoms with E-state index in [0.717, 1.165) is 18.7 Å². The number of hydrogen-bond donors (Lipinski definition) is 3. The van der Waals surface area contributed by atoms with Crippen molar-refractivity contribution in [3.8, 4) is 0 Å². The van der Waals surface area contributed by atoms with Gasteiger partial charge in [-0.3, -0.25) is 4.79 Å². The molecule has 1 aromatic rings. The van der Waals surface area contributed by atoms with Crippen LogP contribution in [-0.4, -0.2) is 29.6 Å². The Morgan fingerprint density at radius 3 is 2.48 bits per heavy atom. The van der Waals surface area contributed by atoms with Gasteiger partial charge >= 0.3 is 5.97 Å². The lowest BCUT2D eigenvalue weighted by atomic mass is 10.0. The lowest BCUT2D eigenvalue weighted by molar-refractivity contribution is -0.139. The average molecular weight is 292 g/mol. The number of amides is 1. The molecule has 3 N–H and O–H groups in total. The fraction of sp³-hybridized carbons (Fsp3) is 0.500. The van der Waals surface area contributed by atoms with Crippen molar-refractivity contribution in [1.29, 1.82) is 0 Å². The quantitative estimate of drug-likeness (QED) is 0.688. The number of carbonyl (C=O) groups is 2. The van der Waals surface area contributed by atoms with Gasteiger partial charge in [0, 0.05) is 12.2 Å². The van der Waals surface area contributed by atoms with E-state index < -0.39 is 12.0 Å². The molecular formula is C16H24N2O3. The normalized spacial score (nSPS) is 12.0. The van der Waals surface area contributed by atoms with Crippen LogP contribution in [0.15, 0.2) is 24.3 Å². The molecule has 1 amide bonds. The topological polar surface area (TPSA) is 78.4 Å². The molecule has 0 saturated carbocycles. The van der Waals surface area contributed by atoms with Crippen LogP contribution in [-0.2, 0) is 4.79 Å². The van der Waals surface area contributed by atoms with E-state index in [2.05, 4.69) is 10.6 Å². The molecule has 1 rings (SSSR count). The summed E-state index contributed by atoms with van der Waals surface area (Å²) in [6.45, 7) is 6.66. The van der Waals surface area contributed by atoms with Gasteiger partial charge in [0.1, 0.15) is 6.04 Å². The predicted molar refractivity (Wildman–Crippen MR) is 83.6 cm³/mol. The summed E-state index contributed by atoms with van der Waals surface area (Å²) in [5, 5.41) is 15.0. The molecular weight excluding hydrogens is 268 g/mol. The Balaban J connectivity index is 2.84. The Bertz CT molecular complexity index is 486. The van der Waals surface area contributed by atoms with Gasteiger partial charge in [0.2, 0.25) is 0 Å². The first-order chi connectivity index (χ1) is 9.95. The van der Waals surface area contributed by atoms with Gasteiger partial charge in [0.15, 0.2) is 0 Å². The highest BCUT2D eigenvalue weighted by Gasteiger charge is 2.22. The summed E-state index contributed by atoms with van der Waals surface area (Å²) >= 11 is 0. The first-order valence-corrected chi connectivity index (χ1v) is 7.32. The molecule has 0 heterocycles. The highest BCUT2D eigenvalue weighted by atomic mass is 16.4. The van der Waals surface area contributed by atoms with E-state index in [9.17, 15) is 14.7 Å². The molecule has 1 atom stereocenters.